The second-order valence-corrected chi connectivity index (χ2v) is 3.53. The number of hydrogen-bond acceptors (Lipinski definition) is 2. The third-order valence-electron chi connectivity index (χ3n) is 2.80. The Morgan fingerprint density at radius 3 is 2.60 bits per heavy atom. The lowest BCUT2D eigenvalue weighted by atomic mass is 9.97. The highest BCUT2D eigenvalue weighted by atomic mass is 16.1. The van der Waals surface area contributed by atoms with E-state index in [0.29, 0.717) is 17.7 Å². The van der Waals surface area contributed by atoms with E-state index in [1.165, 1.54) is 19.3 Å². The summed E-state index contributed by atoms with van der Waals surface area (Å²) in [6.45, 7) is 1.69. The van der Waals surface area contributed by atoms with Crippen LogP contribution in [0.15, 0.2) is 0 Å². The Hall–Kier alpha value is -0.370. The van der Waals surface area contributed by atoms with E-state index in [2.05, 4.69) is 5.32 Å². The molecule has 3 atom stereocenters. The molecule has 0 amide bonds. The molecule has 2 fully saturated rings. The second-order valence-electron chi connectivity index (χ2n) is 3.53. The second kappa shape index (κ2) is 2.06. The monoisotopic (exact) mass is 139 g/mol. The summed E-state index contributed by atoms with van der Waals surface area (Å²) in [5.41, 5.74) is 0. The van der Waals surface area contributed by atoms with Gasteiger partial charge in [0, 0.05) is 6.04 Å². The molecule has 10 heavy (non-hydrogen) atoms. The molecular weight excluding hydrogens is 126 g/mol. The molecule has 2 aliphatic rings. The minimum atomic E-state index is 0.207. The van der Waals surface area contributed by atoms with E-state index in [-0.39, 0.29) is 6.04 Å². The lowest BCUT2D eigenvalue weighted by molar-refractivity contribution is -0.119. The molecule has 2 rings (SSSR count). The topological polar surface area (TPSA) is 29.1 Å². The number of rotatable bonds is 1. The lowest BCUT2D eigenvalue weighted by Crippen LogP contribution is -2.40. The van der Waals surface area contributed by atoms with Crippen LogP contribution in [-0.2, 0) is 4.79 Å². The van der Waals surface area contributed by atoms with E-state index >= 15 is 0 Å². The largest absolute Gasteiger partial charge is 0.304 e. The van der Waals surface area contributed by atoms with Crippen molar-refractivity contribution in [2.75, 3.05) is 0 Å². The standard InChI is InChI=1S/C8H13NO/c1-5(10)8-6-2-3-7(4-6)9-8/h6-9H,2-4H2,1H3/t6?,7?,8-/m1/s1. The Kier molecular flexibility index (Phi) is 1.31. The Bertz CT molecular complexity index is 167. The number of piperidine rings is 1. The average Bonchev–Trinajstić information content (AvgIpc) is 2.44. The molecule has 1 saturated carbocycles. The number of hydrogen-bond donors (Lipinski definition) is 1. The Labute approximate surface area is 61.0 Å². The zero-order chi connectivity index (χ0) is 7.14. The first-order valence-corrected chi connectivity index (χ1v) is 4.04. The van der Waals surface area contributed by atoms with E-state index in [1.807, 2.05) is 0 Å². The van der Waals surface area contributed by atoms with Gasteiger partial charge in [0.2, 0.25) is 0 Å². The highest BCUT2D eigenvalue weighted by molar-refractivity contribution is 5.82. The Balaban J connectivity index is 2.08. The molecule has 2 unspecified atom stereocenters. The average molecular weight is 139 g/mol. The highest BCUT2D eigenvalue weighted by Crippen LogP contribution is 2.35. The molecule has 0 radical (unpaired) electrons. The molecule has 0 aromatic carbocycles. The van der Waals surface area contributed by atoms with E-state index in [1.54, 1.807) is 6.92 Å². The van der Waals surface area contributed by atoms with Gasteiger partial charge in [-0.25, -0.2) is 0 Å². The molecule has 1 saturated heterocycles. The molecular formula is C8H13NO. The maximum Gasteiger partial charge on any atom is 0.146 e. The van der Waals surface area contributed by atoms with Gasteiger partial charge in [0.1, 0.15) is 5.78 Å². The first kappa shape index (κ1) is 6.35. The number of Topliss-reactive ketones (excluding diaryl/α,β-unsaturated/α-hetero) is 1. The van der Waals surface area contributed by atoms with Crippen molar-refractivity contribution in [2.45, 2.75) is 38.3 Å². The summed E-state index contributed by atoms with van der Waals surface area (Å²) < 4.78 is 0. The molecule has 0 aromatic heterocycles. The van der Waals surface area contributed by atoms with E-state index in [0.717, 1.165) is 0 Å². The van der Waals surface area contributed by atoms with Gasteiger partial charge in [0.25, 0.3) is 0 Å². The third kappa shape index (κ3) is 0.788. The zero-order valence-corrected chi connectivity index (χ0v) is 6.26. The zero-order valence-electron chi connectivity index (χ0n) is 6.26. The summed E-state index contributed by atoms with van der Waals surface area (Å²) >= 11 is 0. The van der Waals surface area contributed by atoms with Crippen molar-refractivity contribution in [2.24, 2.45) is 5.92 Å². The molecule has 1 aliphatic heterocycles. The fraction of sp³-hybridized carbons (Fsp3) is 0.875. The molecule has 2 nitrogen and oxygen atoms in total. The molecule has 0 spiro atoms. The minimum Gasteiger partial charge on any atom is -0.304 e. The van der Waals surface area contributed by atoms with Crippen LogP contribution in [0.4, 0.5) is 0 Å². The minimum absolute atomic E-state index is 0.207. The molecule has 2 bridgehead atoms. The predicted molar refractivity (Wildman–Crippen MR) is 38.7 cm³/mol. The SMILES string of the molecule is CC(=O)[C@H]1NC2CCC1C2. The summed E-state index contributed by atoms with van der Waals surface area (Å²) in [6.07, 6.45) is 3.79. The van der Waals surface area contributed by atoms with Crippen LogP contribution in [0.25, 0.3) is 0 Å². The Morgan fingerprint density at radius 2 is 2.30 bits per heavy atom. The van der Waals surface area contributed by atoms with Gasteiger partial charge in [-0.15, -0.1) is 0 Å². The number of ketones is 1. The summed E-state index contributed by atoms with van der Waals surface area (Å²) in [5.74, 6) is 0.995. The van der Waals surface area contributed by atoms with Gasteiger partial charge in [-0.05, 0) is 32.1 Å². The molecule has 1 heterocycles. The number of carbonyl (C=O) groups excluding carboxylic acids is 1. The van der Waals surface area contributed by atoms with Crippen molar-refractivity contribution in [1.29, 1.82) is 0 Å². The molecule has 0 aromatic rings. The van der Waals surface area contributed by atoms with Gasteiger partial charge in [0.05, 0.1) is 6.04 Å². The van der Waals surface area contributed by atoms with Gasteiger partial charge in [-0.1, -0.05) is 0 Å². The van der Waals surface area contributed by atoms with Crippen LogP contribution < -0.4 is 5.32 Å². The molecule has 1 aliphatic carbocycles. The van der Waals surface area contributed by atoms with Crippen molar-refractivity contribution in [1.82, 2.24) is 5.32 Å². The fourth-order valence-corrected chi connectivity index (χ4v) is 2.31. The van der Waals surface area contributed by atoms with Crippen LogP contribution in [-0.4, -0.2) is 17.9 Å². The number of nitrogens with one attached hydrogen (secondary N) is 1. The summed E-state index contributed by atoms with van der Waals surface area (Å²) in [4.78, 5) is 11.0. The van der Waals surface area contributed by atoms with Gasteiger partial charge >= 0.3 is 0 Å². The highest BCUT2D eigenvalue weighted by Gasteiger charge is 2.40. The third-order valence-corrected chi connectivity index (χ3v) is 2.80. The van der Waals surface area contributed by atoms with Crippen LogP contribution in [0, 0.1) is 5.92 Å². The fourth-order valence-electron chi connectivity index (χ4n) is 2.31. The van der Waals surface area contributed by atoms with Gasteiger partial charge in [-0.3, -0.25) is 4.79 Å². The maximum absolute atomic E-state index is 11.0. The van der Waals surface area contributed by atoms with E-state index in [9.17, 15) is 4.79 Å². The predicted octanol–water partition coefficient (Wildman–Crippen LogP) is 0.716. The molecule has 2 heteroatoms. The van der Waals surface area contributed by atoms with Crippen LogP contribution in [0.5, 0.6) is 0 Å². The number of carbonyl (C=O) groups is 1. The van der Waals surface area contributed by atoms with Crippen molar-refractivity contribution in [3.05, 3.63) is 0 Å². The first-order valence-electron chi connectivity index (χ1n) is 4.04. The summed E-state index contributed by atoms with van der Waals surface area (Å²) in [7, 11) is 0. The van der Waals surface area contributed by atoms with Crippen LogP contribution in [0.3, 0.4) is 0 Å². The van der Waals surface area contributed by atoms with Crippen molar-refractivity contribution < 1.29 is 4.79 Å². The molecule has 56 valence electrons. The maximum atomic E-state index is 11.0. The summed E-state index contributed by atoms with van der Waals surface area (Å²) in [5, 5.41) is 3.34. The normalized spacial score (nSPS) is 44.3. The Morgan fingerprint density at radius 1 is 1.50 bits per heavy atom. The first-order chi connectivity index (χ1) is 4.77. The molecule has 1 N–H and O–H groups in total. The quantitative estimate of drug-likeness (QED) is 0.580. The van der Waals surface area contributed by atoms with Crippen molar-refractivity contribution in [3.8, 4) is 0 Å². The van der Waals surface area contributed by atoms with Gasteiger partial charge in [0.15, 0.2) is 0 Å². The summed E-state index contributed by atoms with van der Waals surface area (Å²) in [6, 6.07) is 0.873. The van der Waals surface area contributed by atoms with Crippen LogP contribution in [0.1, 0.15) is 26.2 Å². The van der Waals surface area contributed by atoms with Crippen molar-refractivity contribution >= 4 is 5.78 Å². The van der Waals surface area contributed by atoms with E-state index < -0.39 is 0 Å². The smallest absolute Gasteiger partial charge is 0.146 e. The number of fused-ring (bicyclic) bond motifs is 2. The van der Waals surface area contributed by atoms with E-state index in [4.69, 9.17) is 0 Å². The van der Waals surface area contributed by atoms with Crippen molar-refractivity contribution in [3.63, 3.8) is 0 Å². The van der Waals surface area contributed by atoms with Gasteiger partial charge in [-0.2, -0.15) is 0 Å². The lowest BCUT2D eigenvalue weighted by Gasteiger charge is -2.19. The van der Waals surface area contributed by atoms with Crippen LogP contribution in [0.2, 0.25) is 0 Å². The van der Waals surface area contributed by atoms with Gasteiger partial charge < -0.3 is 5.32 Å². The van der Waals surface area contributed by atoms with Crippen LogP contribution >= 0.6 is 0 Å².